The molecule has 1 N–H and O–H groups in total. The molecule has 0 aliphatic carbocycles. The van der Waals surface area contributed by atoms with Crippen molar-refractivity contribution >= 4 is 0 Å². The first-order valence-electron chi connectivity index (χ1n) is 5.10. The van der Waals surface area contributed by atoms with Crippen LogP contribution in [0.5, 0.6) is 0 Å². The van der Waals surface area contributed by atoms with Crippen molar-refractivity contribution in [3.8, 4) is 0 Å². The van der Waals surface area contributed by atoms with E-state index >= 15 is 0 Å². The standard InChI is InChI=1S/C10H21NO/c1-4-5-9-6-11-7-10(12-9)8(2)3/h8-11H,4-7H2,1-3H3. The molecular formula is C10H21NO. The number of hydrogen-bond acceptors (Lipinski definition) is 2. The van der Waals surface area contributed by atoms with Gasteiger partial charge in [-0.2, -0.15) is 0 Å². The summed E-state index contributed by atoms with van der Waals surface area (Å²) in [6, 6.07) is 0. The van der Waals surface area contributed by atoms with Crippen LogP contribution in [0.2, 0.25) is 0 Å². The van der Waals surface area contributed by atoms with E-state index in [2.05, 4.69) is 26.1 Å². The SMILES string of the molecule is CCCC1CNCC(C(C)C)O1. The molecule has 1 fully saturated rings. The van der Waals surface area contributed by atoms with Crippen LogP contribution in [0.1, 0.15) is 33.6 Å². The molecule has 2 unspecified atom stereocenters. The van der Waals surface area contributed by atoms with Crippen LogP contribution in [0.3, 0.4) is 0 Å². The van der Waals surface area contributed by atoms with Gasteiger partial charge in [-0.1, -0.05) is 27.2 Å². The maximum atomic E-state index is 5.93. The van der Waals surface area contributed by atoms with Crippen molar-refractivity contribution in [1.29, 1.82) is 0 Å². The quantitative estimate of drug-likeness (QED) is 0.699. The normalized spacial score (nSPS) is 31.0. The van der Waals surface area contributed by atoms with E-state index in [9.17, 15) is 0 Å². The van der Waals surface area contributed by atoms with Crippen LogP contribution in [0, 0.1) is 5.92 Å². The van der Waals surface area contributed by atoms with Crippen molar-refractivity contribution in [2.45, 2.75) is 45.8 Å². The summed E-state index contributed by atoms with van der Waals surface area (Å²) in [5, 5.41) is 3.43. The minimum atomic E-state index is 0.426. The number of nitrogens with one attached hydrogen (secondary N) is 1. The molecule has 2 heteroatoms. The van der Waals surface area contributed by atoms with Crippen molar-refractivity contribution < 1.29 is 4.74 Å². The Hall–Kier alpha value is -0.0800. The Morgan fingerprint density at radius 2 is 2.17 bits per heavy atom. The monoisotopic (exact) mass is 171 g/mol. The van der Waals surface area contributed by atoms with E-state index in [4.69, 9.17) is 4.74 Å². The Kier molecular flexibility index (Phi) is 4.02. The van der Waals surface area contributed by atoms with Crippen molar-refractivity contribution in [3.63, 3.8) is 0 Å². The van der Waals surface area contributed by atoms with E-state index in [1.807, 2.05) is 0 Å². The largest absolute Gasteiger partial charge is 0.372 e. The van der Waals surface area contributed by atoms with Crippen LogP contribution in [0.15, 0.2) is 0 Å². The van der Waals surface area contributed by atoms with Gasteiger partial charge in [0.2, 0.25) is 0 Å². The molecule has 0 aromatic rings. The summed E-state index contributed by atoms with van der Waals surface area (Å²) in [5.41, 5.74) is 0. The van der Waals surface area contributed by atoms with E-state index in [1.165, 1.54) is 12.8 Å². The third-order valence-electron chi connectivity index (χ3n) is 2.44. The van der Waals surface area contributed by atoms with Gasteiger partial charge in [-0.05, 0) is 12.3 Å². The summed E-state index contributed by atoms with van der Waals surface area (Å²) in [6.45, 7) is 8.72. The fourth-order valence-corrected chi connectivity index (χ4v) is 1.61. The second-order valence-electron chi connectivity index (χ2n) is 3.99. The molecule has 12 heavy (non-hydrogen) atoms. The minimum absolute atomic E-state index is 0.426. The van der Waals surface area contributed by atoms with Crippen LogP contribution in [0.4, 0.5) is 0 Å². The number of hydrogen-bond donors (Lipinski definition) is 1. The van der Waals surface area contributed by atoms with E-state index < -0.39 is 0 Å². The molecule has 2 atom stereocenters. The molecule has 2 nitrogen and oxygen atoms in total. The highest BCUT2D eigenvalue weighted by Crippen LogP contribution is 2.14. The summed E-state index contributed by atoms with van der Waals surface area (Å²) in [5.74, 6) is 0.636. The predicted octanol–water partition coefficient (Wildman–Crippen LogP) is 1.80. The second kappa shape index (κ2) is 4.83. The molecule has 0 aromatic carbocycles. The van der Waals surface area contributed by atoms with Crippen LogP contribution in [-0.2, 0) is 4.74 Å². The molecule has 1 rings (SSSR count). The lowest BCUT2D eigenvalue weighted by Gasteiger charge is -2.33. The number of morpholine rings is 1. The van der Waals surface area contributed by atoms with Gasteiger partial charge >= 0.3 is 0 Å². The van der Waals surface area contributed by atoms with Gasteiger partial charge in [0.15, 0.2) is 0 Å². The highest BCUT2D eigenvalue weighted by molar-refractivity contribution is 4.75. The van der Waals surface area contributed by atoms with Crippen molar-refractivity contribution in [1.82, 2.24) is 5.32 Å². The molecular weight excluding hydrogens is 150 g/mol. The van der Waals surface area contributed by atoms with Crippen molar-refractivity contribution in [3.05, 3.63) is 0 Å². The van der Waals surface area contributed by atoms with E-state index in [0.29, 0.717) is 18.1 Å². The smallest absolute Gasteiger partial charge is 0.0726 e. The fourth-order valence-electron chi connectivity index (χ4n) is 1.61. The van der Waals surface area contributed by atoms with Gasteiger partial charge in [0.25, 0.3) is 0 Å². The Morgan fingerprint density at radius 1 is 1.42 bits per heavy atom. The minimum Gasteiger partial charge on any atom is -0.372 e. The molecule has 0 amide bonds. The van der Waals surface area contributed by atoms with Crippen LogP contribution < -0.4 is 5.32 Å². The first-order valence-corrected chi connectivity index (χ1v) is 5.10. The topological polar surface area (TPSA) is 21.3 Å². The Labute approximate surface area is 75.7 Å². The van der Waals surface area contributed by atoms with Crippen LogP contribution >= 0.6 is 0 Å². The molecule has 1 saturated heterocycles. The van der Waals surface area contributed by atoms with E-state index in [0.717, 1.165) is 13.1 Å². The van der Waals surface area contributed by atoms with Crippen LogP contribution in [-0.4, -0.2) is 25.3 Å². The lowest BCUT2D eigenvalue weighted by atomic mass is 10.0. The average Bonchev–Trinajstić information content (AvgIpc) is 2.05. The third-order valence-corrected chi connectivity index (χ3v) is 2.44. The maximum Gasteiger partial charge on any atom is 0.0726 e. The number of rotatable bonds is 3. The van der Waals surface area contributed by atoms with Crippen LogP contribution in [0.25, 0.3) is 0 Å². The van der Waals surface area contributed by atoms with Crippen molar-refractivity contribution in [2.75, 3.05) is 13.1 Å². The second-order valence-corrected chi connectivity index (χ2v) is 3.99. The van der Waals surface area contributed by atoms with E-state index in [1.54, 1.807) is 0 Å². The first-order chi connectivity index (χ1) is 5.74. The van der Waals surface area contributed by atoms with Gasteiger partial charge in [0.1, 0.15) is 0 Å². The molecule has 1 aliphatic rings. The predicted molar refractivity (Wildman–Crippen MR) is 51.3 cm³/mol. The van der Waals surface area contributed by atoms with Gasteiger partial charge < -0.3 is 10.1 Å². The van der Waals surface area contributed by atoms with Crippen molar-refractivity contribution in [2.24, 2.45) is 5.92 Å². The zero-order chi connectivity index (χ0) is 8.97. The van der Waals surface area contributed by atoms with E-state index in [-0.39, 0.29) is 0 Å². The Morgan fingerprint density at radius 3 is 2.75 bits per heavy atom. The summed E-state index contributed by atoms with van der Waals surface area (Å²) in [7, 11) is 0. The Bertz CT molecular complexity index is 123. The summed E-state index contributed by atoms with van der Waals surface area (Å²) in [6.07, 6.45) is 3.29. The highest BCUT2D eigenvalue weighted by atomic mass is 16.5. The molecule has 0 saturated carbocycles. The maximum absolute atomic E-state index is 5.93. The summed E-state index contributed by atoms with van der Waals surface area (Å²) >= 11 is 0. The number of ether oxygens (including phenoxy) is 1. The molecule has 1 heterocycles. The lowest BCUT2D eigenvalue weighted by molar-refractivity contribution is -0.0615. The molecule has 0 spiro atoms. The zero-order valence-electron chi connectivity index (χ0n) is 8.47. The Balaban J connectivity index is 2.30. The van der Waals surface area contributed by atoms with Gasteiger partial charge in [-0.3, -0.25) is 0 Å². The average molecular weight is 171 g/mol. The first kappa shape index (κ1) is 10.0. The molecule has 0 aromatic heterocycles. The van der Waals surface area contributed by atoms with Gasteiger partial charge in [0, 0.05) is 13.1 Å². The van der Waals surface area contributed by atoms with Gasteiger partial charge in [0.05, 0.1) is 12.2 Å². The summed E-state index contributed by atoms with van der Waals surface area (Å²) in [4.78, 5) is 0. The molecule has 72 valence electrons. The third kappa shape index (κ3) is 2.76. The highest BCUT2D eigenvalue weighted by Gasteiger charge is 2.23. The fraction of sp³-hybridized carbons (Fsp3) is 1.00. The molecule has 0 bridgehead atoms. The van der Waals surface area contributed by atoms with Gasteiger partial charge in [-0.15, -0.1) is 0 Å². The zero-order valence-corrected chi connectivity index (χ0v) is 8.47. The molecule has 1 aliphatic heterocycles. The summed E-state index contributed by atoms with van der Waals surface area (Å²) < 4.78 is 5.93. The molecule has 0 radical (unpaired) electrons. The lowest BCUT2D eigenvalue weighted by Crippen LogP contribution is -2.46. The van der Waals surface area contributed by atoms with Gasteiger partial charge in [-0.25, -0.2) is 0 Å².